The molecule has 2 heterocycles. The van der Waals surface area contributed by atoms with E-state index in [0.29, 0.717) is 37.6 Å². The first-order chi connectivity index (χ1) is 18.6. The van der Waals surface area contributed by atoms with Gasteiger partial charge >= 0.3 is 12.2 Å². The number of anilines is 2. The Morgan fingerprint density at radius 1 is 1.00 bits per heavy atom. The highest BCUT2D eigenvalue weighted by molar-refractivity contribution is 6.32. The number of nitrogens with one attached hydrogen (secondary N) is 1. The average Bonchev–Trinajstić information content (AvgIpc) is 3.13. The first-order valence-corrected chi connectivity index (χ1v) is 12.6. The summed E-state index contributed by atoms with van der Waals surface area (Å²) >= 11 is 0. The van der Waals surface area contributed by atoms with Gasteiger partial charge in [0.15, 0.2) is 0 Å². The van der Waals surface area contributed by atoms with Crippen molar-refractivity contribution in [1.29, 1.82) is 5.26 Å². The maximum atomic E-state index is 13.4. The van der Waals surface area contributed by atoms with Crippen molar-refractivity contribution in [2.75, 3.05) is 42.9 Å². The normalized spacial score (nSPS) is 16.6. The number of nitriles is 1. The Labute approximate surface area is 224 Å². The van der Waals surface area contributed by atoms with Gasteiger partial charge in [0.2, 0.25) is 0 Å². The molecular formula is C28H28F3N5O3. The lowest BCUT2D eigenvalue weighted by Gasteiger charge is -2.34. The van der Waals surface area contributed by atoms with E-state index in [-0.39, 0.29) is 17.3 Å². The molecule has 2 aliphatic rings. The summed E-state index contributed by atoms with van der Waals surface area (Å²) in [5.41, 5.74) is -0.719. The van der Waals surface area contributed by atoms with Crippen molar-refractivity contribution in [2.45, 2.75) is 32.4 Å². The van der Waals surface area contributed by atoms with Crippen LogP contribution in [0.25, 0.3) is 0 Å². The second kappa shape index (κ2) is 11.7. The van der Waals surface area contributed by atoms with Crippen molar-refractivity contribution in [1.82, 2.24) is 9.80 Å². The highest BCUT2D eigenvalue weighted by Gasteiger charge is 2.39. The number of benzene rings is 2. The van der Waals surface area contributed by atoms with E-state index >= 15 is 0 Å². The minimum Gasteiger partial charge on any atom is -0.322 e. The summed E-state index contributed by atoms with van der Waals surface area (Å²) in [6.45, 7) is 4.88. The topological polar surface area (TPSA) is 96.8 Å². The molecule has 0 aliphatic carbocycles. The van der Waals surface area contributed by atoms with Crippen molar-refractivity contribution in [3.05, 3.63) is 70.8 Å². The number of piperazine rings is 1. The van der Waals surface area contributed by atoms with E-state index in [2.05, 4.69) is 10.2 Å². The number of amides is 4. The highest BCUT2D eigenvalue weighted by Crippen LogP contribution is 2.36. The van der Waals surface area contributed by atoms with E-state index in [1.807, 2.05) is 30.3 Å². The van der Waals surface area contributed by atoms with Crippen LogP contribution in [0.15, 0.2) is 59.7 Å². The quantitative estimate of drug-likeness (QED) is 0.403. The van der Waals surface area contributed by atoms with Gasteiger partial charge in [-0.1, -0.05) is 18.2 Å². The van der Waals surface area contributed by atoms with Crippen LogP contribution in [0.4, 0.5) is 29.3 Å². The zero-order valence-electron chi connectivity index (χ0n) is 21.4. The number of carbonyl (C=O) groups excluding carboxylic acids is 3. The van der Waals surface area contributed by atoms with Crippen LogP contribution >= 0.6 is 0 Å². The minimum absolute atomic E-state index is 0.137. The lowest BCUT2D eigenvalue weighted by Crippen LogP contribution is -2.50. The number of urea groups is 1. The molecule has 2 aliphatic heterocycles. The van der Waals surface area contributed by atoms with Gasteiger partial charge in [0.05, 0.1) is 22.9 Å². The molecule has 1 fully saturated rings. The molecule has 4 rings (SSSR count). The Bertz CT molecular complexity index is 1330. The van der Waals surface area contributed by atoms with Crippen LogP contribution in [0.2, 0.25) is 0 Å². The van der Waals surface area contributed by atoms with Crippen molar-refractivity contribution in [3.63, 3.8) is 0 Å². The Hall–Kier alpha value is -4.17. The Morgan fingerprint density at radius 2 is 1.69 bits per heavy atom. The number of rotatable bonds is 7. The van der Waals surface area contributed by atoms with Gasteiger partial charge in [-0.2, -0.15) is 18.4 Å². The predicted octanol–water partition coefficient (Wildman–Crippen LogP) is 4.79. The number of carbonyl (C=O) groups is 3. The molecular weight excluding hydrogens is 511 g/mol. The van der Waals surface area contributed by atoms with Gasteiger partial charge in [-0.05, 0) is 63.1 Å². The fourth-order valence-electron chi connectivity index (χ4n) is 4.75. The highest BCUT2D eigenvalue weighted by atomic mass is 19.4. The van der Waals surface area contributed by atoms with Crippen molar-refractivity contribution in [2.24, 2.45) is 0 Å². The molecule has 0 spiro atoms. The molecule has 0 saturated carbocycles. The third-order valence-corrected chi connectivity index (χ3v) is 6.96. The molecule has 2 aromatic rings. The SMILES string of the molecule is CC1=C(CCCCN2CCN(C(=O)Nc3ccccc3)CC2)C(=O)N(c2ccc(C#N)c(C(F)(F)F)c2)C1=O. The molecule has 0 bridgehead atoms. The molecule has 8 nitrogen and oxygen atoms in total. The lowest BCUT2D eigenvalue weighted by atomic mass is 10.0. The summed E-state index contributed by atoms with van der Waals surface area (Å²) < 4.78 is 40.1. The number of nitrogens with zero attached hydrogens (tertiary/aromatic N) is 4. The number of para-hydroxylation sites is 1. The number of hydrogen-bond donors (Lipinski definition) is 1. The van der Waals surface area contributed by atoms with Crippen molar-refractivity contribution < 1.29 is 27.6 Å². The molecule has 4 amide bonds. The van der Waals surface area contributed by atoms with Crippen LogP contribution in [0.1, 0.15) is 37.3 Å². The second-order valence-electron chi connectivity index (χ2n) is 9.47. The number of imide groups is 1. The van der Waals surface area contributed by atoms with Gasteiger partial charge in [0.25, 0.3) is 11.8 Å². The summed E-state index contributed by atoms with van der Waals surface area (Å²) in [4.78, 5) is 43.0. The van der Waals surface area contributed by atoms with Gasteiger partial charge in [-0.15, -0.1) is 0 Å². The third kappa shape index (κ3) is 6.29. The van der Waals surface area contributed by atoms with Crippen LogP contribution in [0.3, 0.4) is 0 Å². The number of alkyl halides is 3. The van der Waals surface area contributed by atoms with Crippen LogP contribution in [0, 0.1) is 11.3 Å². The molecule has 39 heavy (non-hydrogen) atoms. The van der Waals surface area contributed by atoms with Gasteiger partial charge in [-0.3, -0.25) is 14.5 Å². The van der Waals surface area contributed by atoms with E-state index in [1.54, 1.807) is 4.90 Å². The van der Waals surface area contributed by atoms with Gasteiger partial charge in [0, 0.05) is 43.0 Å². The van der Waals surface area contributed by atoms with E-state index in [0.717, 1.165) is 42.7 Å². The second-order valence-corrected chi connectivity index (χ2v) is 9.47. The van der Waals surface area contributed by atoms with E-state index in [4.69, 9.17) is 5.26 Å². The van der Waals surface area contributed by atoms with Crippen LogP contribution in [0.5, 0.6) is 0 Å². The molecule has 204 valence electrons. The maximum absolute atomic E-state index is 13.4. The number of hydrogen-bond acceptors (Lipinski definition) is 5. The lowest BCUT2D eigenvalue weighted by molar-refractivity contribution is -0.138. The fourth-order valence-corrected chi connectivity index (χ4v) is 4.75. The van der Waals surface area contributed by atoms with Crippen molar-refractivity contribution >= 4 is 29.2 Å². The fraction of sp³-hybridized carbons (Fsp3) is 0.357. The first kappa shape index (κ1) is 27.9. The zero-order chi connectivity index (χ0) is 28.2. The molecule has 0 atom stereocenters. The molecule has 0 aromatic heterocycles. The molecule has 2 aromatic carbocycles. The van der Waals surface area contributed by atoms with Crippen molar-refractivity contribution in [3.8, 4) is 6.07 Å². The number of halogens is 3. The van der Waals surface area contributed by atoms with Crippen LogP contribution < -0.4 is 10.2 Å². The van der Waals surface area contributed by atoms with Gasteiger partial charge < -0.3 is 10.2 Å². The summed E-state index contributed by atoms with van der Waals surface area (Å²) in [7, 11) is 0. The zero-order valence-corrected chi connectivity index (χ0v) is 21.4. The molecule has 0 unspecified atom stereocenters. The Kier molecular flexibility index (Phi) is 8.35. The monoisotopic (exact) mass is 539 g/mol. The summed E-state index contributed by atoms with van der Waals surface area (Å²) in [6, 6.07) is 13.4. The molecule has 1 saturated heterocycles. The van der Waals surface area contributed by atoms with Gasteiger partial charge in [0.1, 0.15) is 0 Å². The third-order valence-electron chi connectivity index (χ3n) is 6.96. The average molecular weight is 540 g/mol. The predicted molar refractivity (Wildman–Crippen MR) is 139 cm³/mol. The summed E-state index contributed by atoms with van der Waals surface area (Å²) in [5, 5.41) is 11.9. The van der Waals surface area contributed by atoms with Gasteiger partial charge in [-0.25, -0.2) is 9.69 Å². The molecule has 1 N–H and O–H groups in total. The summed E-state index contributed by atoms with van der Waals surface area (Å²) in [5.74, 6) is -1.29. The standard InChI is InChI=1S/C28H28F3N5O3/c1-19-23(26(38)36(25(19)37)22-11-10-20(18-32)24(17-22)28(29,30)31)9-5-6-12-34-13-15-35(16-14-34)27(39)33-21-7-3-2-4-8-21/h2-4,7-8,10-11,17H,5-6,9,12-16H2,1H3,(H,33,39). The number of unbranched alkanes of at least 4 members (excludes halogenated alkanes) is 1. The summed E-state index contributed by atoms with van der Waals surface area (Å²) in [6.07, 6.45) is -3.09. The molecule has 11 heteroatoms. The largest absolute Gasteiger partial charge is 0.417 e. The minimum atomic E-state index is -4.80. The first-order valence-electron chi connectivity index (χ1n) is 12.6. The maximum Gasteiger partial charge on any atom is 0.417 e. The van der Waals surface area contributed by atoms with E-state index < -0.39 is 29.1 Å². The van der Waals surface area contributed by atoms with E-state index in [1.165, 1.54) is 19.1 Å². The smallest absolute Gasteiger partial charge is 0.322 e. The molecule has 0 radical (unpaired) electrons. The Balaban J connectivity index is 1.27. The van der Waals surface area contributed by atoms with Crippen LogP contribution in [-0.4, -0.2) is 60.4 Å². The van der Waals surface area contributed by atoms with Crippen LogP contribution in [-0.2, 0) is 15.8 Å². The van der Waals surface area contributed by atoms with E-state index in [9.17, 15) is 27.6 Å². The Morgan fingerprint density at radius 3 is 2.33 bits per heavy atom.